The predicted molar refractivity (Wildman–Crippen MR) is 114 cm³/mol. The van der Waals surface area contributed by atoms with E-state index < -0.39 is 16.1 Å². The van der Waals surface area contributed by atoms with E-state index in [0.717, 1.165) is 0 Å². The van der Waals surface area contributed by atoms with Gasteiger partial charge in [0.2, 0.25) is 15.9 Å². The highest BCUT2D eigenvalue weighted by Crippen LogP contribution is 2.29. The summed E-state index contributed by atoms with van der Waals surface area (Å²) in [6.07, 6.45) is 1.08. The Labute approximate surface area is 182 Å². The van der Waals surface area contributed by atoms with Crippen molar-refractivity contribution in [3.8, 4) is 0 Å². The Morgan fingerprint density at radius 3 is 2.68 bits per heavy atom. The Morgan fingerprint density at radius 1 is 1.19 bits per heavy atom. The van der Waals surface area contributed by atoms with Gasteiger partial charge in [-0.25, -0.2) is 8.42 Å². The van der Waals surface area contributed by atoms with Crippen LogP contribution >= 0.6 is 0 Å². The van der Waals surface area contributed by atoms with Crippen LogP contribution < -0.4 is 15.4 Å². The van der Waals surface area contributed by atoms with Gasteiger partial charge in [-0.3, -0.25) is 9.59 Å². The highest BCUT2D eigenvalue weighted by molar-refractivity contribution is 7.89. The van der Waals surface area contributed by atoms with E-state index in [-0.39, 0.29) is 29.9 Å². The van der Waals surface area contributed by atoms with E-state index in [1.165, 1.54) is 6.07 Å². The average molecular weight is 455 g/mol. The molecule has 0 unspecified atom stereocenters. The smallest absolute Gasteiger partial charge is 0.253 e. The number of rotatable bonds is 7. The zero-order valence-corrected chi connectivity index (χ0v) is 18.5. The van der Waals surface area contributed by atoms with Gasteiger partial charge < -0.3 is 25.0 Å². The van der Waals surface area contributed by atoms with E-state index in [1.54, 1.807) is 21.9 Å². The van der Waals surface area contributed by atoms with Gasteiger partial charge in [-0.15, -0.1) is 0 Å². The second-order valence-electron chi connectivity index (χ2n) is 7.41. The average Bonchev–Trinajstić information content (AvgIpc) is 3.06. The van der Waals surface area contributed by atoms with E-state index in [1.807, 2.05) is 6.92 Å². The molecule has 2 amide bonds. The Balaban J connectivity index is 1.87. The fraction of sp³-hybridized carbons (Fsp3) is 0.600. The van der Waals surface area contributed by atoms with Crippen molar-refractivity contribution in [3.63, 3.8) is 0 Å². The van der Waals surface area contributed by atoms with E-state index in [4.69, 9.17) is 15.2 Å². The molecule has 0 aromatic heterocycles. The van der Waals surface area contributed by atoms with Crippen molar-refractivity contribution >= 4 is 27.5 Å². The summed E-state index contributed by atoms with van der Waals surface area (Å²) in [7, 11) is -4.06. The summed E-state index contributed by atoms with van der Waals surface area (Å²) in [4.78, 5) is 28.4. The molecular weight excluding hydrogens is 424 g/mol. The molecule has 172 valence electrons. The van der Waals surface area contributed by atoms with Crippen molar-refractivity contribution in [2.45, 2.75) is 30.7 Å². The number of morpholine rings is 1. The van der Waals surface area contributed by atoms with Crippen molar-refractivity contribution in [2.24, 2.45) is 5.73 Å². The molecule has 10 nitrogen and oxygen atoms in total. The van der Waals surface area contributed by atoms with Crippen molar-refractivity contribution in [1.82, 2.24) is 9.62 Å². The molecule has 1 aromatic rings. The summed E-state index contributed by atoms with van der Waals surface area (Å²) < 4.78 is 39.5. The molecule has 0 aliphatic carbocycles. The molecule has 2 fully saturated rings. The lowest BCUT2D eigenvalue weighted by Gasteiger charge is -2.30. The van der Waals surface area contributed by atoms with Gasteiger partial charge in [0.1, 0.15) is 12.6 Å². The van der Waals surface area contributed by atoms with Crippen LogP contribution in [-0.2, 0) is 35.5 Å². The molecule has 2 aliphatic rings. The number of anilines is 1. The van der Waals surface area contributed by atoms with Crippen molar-refractivity contribution < 1.29 is 27.5 Å². The van der Waals surface area contributed by atoms with Crippen LogP contribution in [0.3, 0.4) is 0 Å². The molecule has 2 aliphatic heterocycles. The van der Waals surface area contributed by atoms with Crippen LogP contribution in [0.25, 0.3) is 0 Å². The van der Waals surface area contributed by atoms with Crippen LogP contribution in [0.2, 0.25) is 0 Å². The van der Waals surface area contributed by atoms with Gasteiger partial charge in [0.15, 0.2) is 0 Å². The Kier molecular flexibility index (Phi) is 8.00. The number of ether oxygens (including phenoxy) is 2. The topological polar surface area (TPSA) is 131 Å². The molecular formula is C20H30N4O6S. The number of nitrogens with one attached hydrogen (secondary N) is 1. The molecule has 3 rings (SSSR count). The number of hydrogen-bond donors (Lipinski definition) is 2. The summed E-state index contributed by atoms with van der Waals surface area (Å²) in [6.45, 7) is 4.21. The van der Waals surface area contributed by atoms with Crippen molar-refractivity contribution in [3.05, 3.63) is 23.8 Å². The third-order valence-corrected chi connectivity index (χ3v) is 6.95. The number of hydrogen-bond acceptors (Lipinski definition) is 7. The number of nitrogens with two attached hydrogens (primary N) is 1. The highest BCUT2D eigenvalue weighted by Gasteiger charge is 2.31. The van der Waals surface area contributed by atoms with Crippen LogP contribution in [0.4, 0.5) is 5.69 Å². The fourth-order valence-electron chi connectivity index (χ4n) is 3.82. The first-order valence-electron chi connectivity index (χ1n) is 10.5. The maximum atomic E-state index is 13.3. The van der Waals surface area contributed by atoms with Gasteiger partial charge in [-0.05, 0) is 30.5 Å². The van der Waals surface area contributed by atoms with Gasteiger partial charge in [-0.2, -0.15) is 4.72 Å². The van der Waals surface area contributed by atoms with Crippen LogP contribution in [0.15, 0.2) is 23.1 Å². The van der Waals surface area contributed by atoms with Gasteiger partial charge >= 0.3 is 0 Å². The normalized spacial score (nSPS) is 19.2. The molecule has 1 atom stereocenters. The molecule has 0 bridgehead atoms. The molecule has 3 N–H and O–H groups in total. The second-order valence-corrected chi connectivity index (χ2v) is 9.09. The third kappa shape index (κ3) is 5.42. The SMILES string of the molecule is CCc1c(N2CCOCC2=O)cccc1S(=O)(=O)N[C@@H](CN)C(=O)N1CCCOCC1. The molecule has 31 heavy (non-hydrogen) atoms. The number of amides is 2. The summed E-state index contributed by atoms with van der Waals surface area (Å²) >= 11 is 0. The van der Waals surface area contributed by atoms with E-state index in [0.29, 0.717) is 63.5 Å². The van der Waals surface area contributed by atoms with E-state index in [9.17, 15) is 18.0 Å². The highest BCUT2D eigenvalue weighted by atomic mass is 32.2. The van der Waals surface area contributed by atoms with Gasteiger partial charge in [0, 0.05) is 38.5 Å². The number of carbonyl (C=O) groups is 2. The minimum atomic E-state index is -4.06. The molecule has 2 heterocycles. The van der Waals surface area contributed by atoms with Gasteiger partial charge in [-0.1, -0.05) is 13.0 Å². The first-order chi connectivity index (χ1) is 14.9. The lowest BCUT2D eigenvalue weighted by molar-refractivity contribution is -0.132. The summed E-state index contributed by atoms with van der Waals surface area (Å²) in [5.74, 6) is -0.587. The standard InChI is InChI=1S/C20H30N4O6S/c1-2-15-17(24-9-12-30-14-19(24)25)5-3-6-18(15)31(27,28)22-16(13-21)20(26)23-7-4-10-29-11-8-23/h3,5-6,16,22H,2,4,7-14,21H2,1H3/t16-/m0/s1. The third-order valence-electron chi connectivity index (χ3n) is 5.39. The molecule has 1 aromatic carbocycles. The summed E-state index contributed by atoms with van der Waals surface area (Å²) in [6, 6.07) is 3.72. The molecule has 0 saturated carbocycles. The first kappa shape index (κ1) is 23.6. The number of carbonyl (C=O) groups excluding carboxylic acids is 2. The van der Waals surface area contributed by atoms with Crippen LogP contribution in [0.5, 0.6) is 0 Å². The zero-order valence-electron chi connectivity index (χ0n) is 17.7. The van der Waals surface area contributed by atoms with Crippen molar-refractivity contribution in [1.29, 1.82) is 0 Å². The van der Waals surface area contributed by atoms with Gasteiger partial charge in [0.25, 0.3) is 5.91 Å². The Hall–Kier alpha value is -2.05. The fourth-order valence-corrected chi connectivity index (χ4v) is 5.35. The largest absolute Gasteiger partial charge is 0.380 e. The van der Waals surface area contributed by atoms with Crippen LogP contribution in [0, 0.1) is 0 Å². The maximum absolute atomic E-state index is 13.3. The molecule has 2 saturated heterocycles. The number of nitrogens with zero attached hydrogens (tertiary/aromatic N) is 2. The van der Waals surface area contributed by atoms with Gasteiger partial charge in [0.05, 0.1) is 18.1 Å². The van der Waals surface area contributed by atoms with Crippen molar-refractivity contribution in [2.75, 3.05) is 57.5 Å². The summed E-state index contributed by atoms with van der Waals surface area (Å²) in [5, 5.41) is 0. The minimum Gasteiger partial charge on any atom is -0.380 e. The second kappa shape index (κ2) is 10.5. The van der Waals surface area contributed by atoms with Crippen LogP contribution in [-0.4, -0.2) is 83.8 Å². The lowest BCUT2D eigenvalue weighted by Crippen LogP contribution is -2.52. The number of sulfonamides is 1. The quantitative estimate of drug-likeness (QED) is 0.566. The zero-order chi connectivity index (χ0) is 22.4. The Bertz CT molecular complexity index is 899. The molecule has 0 spiro atoms. The Morgan fingerprint density at radius 2 is 1.97 bits per heavy atom. The first-order valence-corrected chi connectivity index (χ1v) is 12.0. The number of benzene rings is 1. The summed E-state index contributed by atoms with van der Waals surface area (Å²) in [5.41, 5.74) is 6.82. The van der Waals surface area contributed by atoms with E-state index >= 15 is 0 Å². The minimum absolute atomic E-state index is 0.0391. The monoisotopic (exact) mass is 454 g/mol. The predicted octanol–water partition coefficient (Wildman–Crippen LogP) is -0.533. The maximum Gasteiger partial charge on any atom is 0.253 e. The van der Waals surface area contributed by atoms with Crippen LogP contribution in [0.1, 0.15) is 18.9 Å². The molecule has 0 radical (unpaired) electrons. The lowest BCUT2D eigenvalue weighted by atomic mass is 10.1. The van der Waals surface area contributed by atoms with E-state index in [2.05, 4.69) is 4.72 Å². The molecule has 11 heteroatoms.